The van der Waals surface area contributed by atoms with Gasteiger partial charge in [0, 0.05) is 10.2 Å². The van der Waals surface area contributed by atoms with E-state index in [2.05, 4.69) is 26.6 Å². The average molecular weight is 520 g/mol. The highest BCUT2D eigenvalue weighted by atomic mass is 79.9. The molecule has 5 nitrogen and oxygen atoms in total. The number of carbonyl (C=O) groups is 1. The molecule has 0 bridgehead atoms. The van der Waals surface area contributed by atoms with Crippen LogP contribution in [0.4, 0.5) is 5.69 Å². The summed E-state index contributed by atoms with van der Waals surface area (Å²) in [5.41, 5.74) is 1.21. The molecule has 0 atom stereocenters. The second-order valence-corrected chi connectivity index (χ2v) is 9.39. The van der Waals surface area contributed by atoms with Crippen molar-refractivity contribution in [1.82, 2.24) is 5.32 Å². The first-order valence-electron chi connectivity index (χ1n) is 11.3. The number of thiocarbonyl (C=S) groups is 1. The molecule has 2 aromatic carbocycles. The van der Waals surface area contributed by atoms with E-state index < -0.39 is 0 Å². The first kappa shape index (κ1) is 24.5. The van der Waals surface area contributed by atoms with Gasteiger partial charge in [-0.2, -0.15) is 0 Å². The molecule has 32 heavy (non-hydrogen) atoms. The fourth-order valence-corrected chi connectivity index (χ4v) is 4.38. The van der Waals surface area contributed by atoms with E-state index in [-0.39, 0.29) is 11.0 Å². The Bertz CT molecular complexity index is 899. The normalized spacial score (nSPS) is 13.9. The maximum atomic E-state index is 12.7. The number of ether oxygens (including phenoxy) is 2. The third-order valence-electron chi connectivity index (χ3n) is 5.51. The van der Waals surface area contributed by atoms with Crippen LogP contribution in [0.25, 0.3) is 0 Å². The van der Waals surface area contributed by atoms with Gasteiger partial charge >= 0.3 is 0 Å². The van der Waals surface area contributed by atoms with Crippen molar-refractivity contribution in [2.45, 2.75) is 51.9 Å². The van der Waals surface area contributed by atoms with Crippen molar-refractivity contribution >= 4 is 44.9 Å². The molecule has 1 aliphatic carbocycles. The highest BCUT2D eigenvalue weighted by Crippen LogP contribution is 2.27. The predicted octanol–water partition coefficient (Wildman–Crippen LogP) is 6.71. The molecule has 0 saturated heterocycles. The monoisotopic (exact) mass is 518 g/mol. The average Bonchev–Trinajstić information content (AvgIpc) is 2.80. The number of amides is 1. The zero-order valence-corrected chi connectivity index (χ0v) is 20.9. The zero-order chi connectivity index (χ0) is 22.8. The molecule has 0 heterocycles. The molecule has 1 aliphatic rings. The highest BCUT2D eigenvalue weighted by Gasteiger charge is 2.15. The van der Waals surface area contributed by atoms with Gasteiger partial charge in [0.15, 0.2) is 5.11 Å². The van der Waals surface area contributed by atoms with E-state index in [0.717, 1.165) is 41.3 Å². The molecule has 3 rings (SSSR count). The van der Waals surface area contributed by atoms with Crippen molar-refractivity contribution in [3.63, 3.8) is 0 Å². The number of carbonyl (C=O) groups excluding carboxylic acids is 1. The molecular formula is C25H31BrN2O3S. The molecule has 0 aliphatic heterocycles. The third kappa shape index (κ3) is 7.78. The van der Waals surface area contributed by atoms with Crippen LogP contribution >= 0.6 is 28.1 Å². The van der Waals surface area contributed by atoms with Crippen LogP contribution in [-0.4, -0.2) is 24.2 Å². The third-order valence-corrected chi connectivity index (χ3v) is 6.20. The quantitative estimate of drug-likeness (QED) is 0.361. The Morgan fingerprint density at radius 3 is 2.53 bits per heavy atom. The summed E-state index contributed by atoms with van der Waals surface area (Å²) >= 11 is 8.73. The SMILES string of the molecule is CCCOc1ccc(Br)cc1C(=O)NC(=S)Nc1ccc(OCCC2CCCCC2)cc1. The van der Waals surface area contributed by atoms with Gasteiger partial charge in [-0.25, -0.2) is 0 Å². The van der Waals surface area contributed by atoms with E-state index in [4.69, 9.17) is 21.7 Å². The number of anilines is 1. The molecule has 0 unspecified atom stereocenters. The van der Waals surface area contributed by atoms with E-state index in [1.165, 1.54) is 32.1 Å². The van der Waals surface area contributed by atoms with Crippen LogP contribution < -0.4 is 20.1 Å². The summed E-state index contributed by atoms with van der Waals surface area (Å²) in [6.45, 7) is 3.31. The topological polar surface area (TPSA) is 59.6 Å². The van der Waals surface area contributed by atoms with Crippen molar-refractivity contribution in [1.29, 1.82) is 0 Å². The van der Waals surface area contributed by atoms with Crippen molar-refractivity contribution < 1.29 is 14.3 Å². The van der Waals surface area contributed by atoms with Crippen molar-refractivity contribution in [2.24, 2.45) is 5.92 Å². The molecular weight excluding hydrogens is 488 g/mol. The minimum atomic E-state index is -0.322. The van der Waals surface area contributed by atoms with E-state index >= 15 is 0 Å². The predicted molar refractivity (Wildman–Crippen MR) is 137 cm³/mol. The summed E-state index contributed by atoms with van der Waals surface area (Å²) < 4.78 is 12.4. The summed E-state index contributed by atoms with van der Waals surface area (Å²) in [6, 6.07) is 13.0. The lowest BCUT2D eigenvalue weighted by atomic mass is 9.87. The number of benzene rings is 2. The van der Waals surface area contributed by atoms with Crippen LogP contribution in [0, 0.1) is 5.92 Å². The van der Waals surface area contributed by atoms with Gasteiger partial charge in [-0.3, -0.25) is 10.1 Å². The fourth-order valence-electron chi connectivity index (χ4n) is 3.80. The largest absolute Gasteiger partial charge is 0.494 e. The molecule has 2 aromatic rings. The Labute approximate surface area is 204 Å². The smallest absolute Gasteiger partial charge is 0.261 e. The Kier molecular flexibility index (Phi) is 9.81. The zero-order valence-electron chi connectivity index (χ0n) is 18.5. The summed E-state index contributed by atoms with van der Waals surface area (Å²) in [7, 11) is 0. The van der Waals surface area contributed by atoms with E-state index in [1.807, 2.05) is 37.3 Å². The van der Waals surface area contributed by atoms with Gasteiger partial charge in [0.2, 0.25) is 0 Å². The second kappa shape index (κ2) is 12.8. The second-order valence-electron chi connectivity index (χ2n) is 8.06. The van der Waals surface area contributed by atoms with Gasteiger partial charge in [-0.15, -0.1) is 0 Å². The van der Waals surface area contributed by atoms with Gasteiger partial charge < -0.3 is 14.8 Å². The Morgan fingerprint density at radius 1 is 1.06 bits per heavy atom. The Hall–Kier alpha value is -2.12. The first-order chi connectivity index (χ1) is 15.5. The van der Waals surface area contributed by atoms with Crippen LogP contribution in [-0.2, 0) is 0 Å². The van der Waals surface area contributed by atoms with Crippen LogP contribution in [0.1, 0.15) is 62.2 Å². The van der Waals surface area contributed by atoms with Crippen molar-refractivity contribution in [3.8, 4) is 11.5 Å². The number of nitrogens with one attached hydrogen (secondary N) is 2. The van der Waals surface area contributed by atoms with Gasteiger partial charge in [0.1, 0.15) is 11.5 Å². The molecule has 1 saturated carbocycles. The number of hydrogen-bond acceptors (Lipinski definition) is 4. The van der Waals surface area contributed by atoms with Gasteiger partial charge in [0.05, 0.1) is 18.8 Å². The van der Waals surface area contributed by atoms with Crippen LogP contribution in [0.2, 0.25) is 0 Å². The number of halogens is 1. The lowest BCUT2D eigenvalue weighted by Gasteiger charge is -2.21. The van der Waals surface area contributed by atoms with Gasteiger partial charge in [0.25, 0.3) is 5.91 Å². The maximum absolute atomic E-state index is 12.7. The van der Waals surface area contributed by atoms with E-state index in [1.54, 1.807) is 12.1 Å². The summed E-state index contributed by atoms with van der Waals surface area (Å²) in [5, 5.41) is 5.99. The van der Waals surface area contributed by atoms with Crippen molar-refractivity contribution in [3.05, 3.63) is 52.5 Å². The number of rotatable bonds is 9. The Morgan fingerprint density at radius 2 is 1.81 bits per heavy atom. The lowest BCUT2D eigenvalue weighted by molar-refractivity contribution is 0.0973. The maximum Gasteiger partial charge on any atom is 0.261 e. The van der Waals surface area contributed by atoms with Crippen LogP contribution in [0.5, 0.6) is 11.5 Å². The van der Waals surface area contributed by atoms with Gasteiger partial charge in [-0.05, 0) is 73.4 Å². The minimum Gasteiger partial charge on any atom is -0.494 e. The highest BCUT2D eigenvalue weighted by molar-refractivity contribution is 9.10. The number of hydrogen-bond donors (Lipinski definition) is 2. The molecule has 1 amide bonds. The molecule has 2 N–H and O–H groups in total. The molecule has 0 spiro atoms. The first-order valence-corrected chi connectivity index (χ1v) is 12.5. The van der Waals surface area contributed by atoms with Crippen molar-refractivity contribution in [2.75, 3.05) is 18.5 Å². The fraction of sp³-hybridized carbons (Fsp3) is 0.440. The summed E-state index contributed by atoms with van der Waals surface area (Å²) in [6.07, 6.45) is 8.74. The summed E-state index contributed by atoms with van der Waals surface area (Å²) in [5.74, 6) is 1.86. The van der Waals surface area contributed by atoms with Crippen LogP contribution in [0.15, 0.2) is 46.9 Å². The van der Waals surface area contributed by atoms with E-state index in [9.17, 15) is 4.79 Å². The molecule has 0 aromatic heterocycles. The lowest BCUT2D eigenvalue weighted by Crippen LogP contribution is -2.34. The van der Waals surface area contributed by atoms with Gasteiger partial charge in [-0.1, -0.05) is 55.0 Å². The standard InChI is InChI=1S/C25H31BrN2O3S/c1-2-15-31-23-13-8-19(26)17-22(23)24(29)28-25(32)27-20-9-11-21(12-10-20)30-16-14-18-6-4-3-5-7-18/h8-13,17-18H,2-7,14-16H2,1H3,(H2,27,28,29,32). The van der Waals surface area contributed by atoms with E-state index in [0.29, 0.717) is 17.9 Å². The minimum absolute atomic E-state index is 0.224. The molecule has 172 valence electrons. The summed E-state index contributed by atoms with van der Waals surface area (Å²) in [4.78, 5) is 12.7. The Balaban J connectivity index is 1.48. The molecule has 1 fully saturated rings. The van der Waals surface area contributed by atoms with Crippen LogP contribution in [0.3, 0.4) is 0 Å². The molecule has 7 heteroatoms. The molecule has 0 radical (unpaired) electrons.